The summed E-state index contributed by atoms with van der Waals surface area (Å²) in [4.78, 5) is 12.1. The van der Waals surface area contributed by atoms with Gasteiger partial charge in [0.1, 0.15) is 5.78 Å². The molecule has 2 unspecified atom stereocenters. The van der Waals surface area contributed by atoms with Crippen molar-refractivity contribution in [3.63, 3.8) is 0 Å². The standard InChI is InChI=1S/C13H23NO/c1-13(6-3-7-13)9-12(15)10-4-2-5-11(14)8-10/h10-11H,2-9,14H2,1H3. The van der Waals surface area contributed by atoms with Crippen molar-refractivity contribution in [1.82, 2.24) is 0 Å². The molecule has 2 aliphatic carbocycles. The van der Waals surface area contributed by atoms with Crippen molar-refractivity contribution in [1.29, 1.82) is 0 Å². The maximum absolute atomic E-state index is 12.1. The highest BCUT2D eigenvalue weighted by Gasteiger charge is 2.36. The summed E-state index contributed by atoms with van der Waals surface area (Å²) >= 11 is 0. The Labute approximate surface area is 92.6 Å². The summed E-state index contributed by atoms with van der Waals surface area (Å²) in [6.45, 7) is 2.26. The summed E-state index contributed by atoms with van der Waals surface area (Å²) in [5.74, 6) is 0.776. The quantitative estimate of drug-likeness (QED) is 0.776. The Hall–Kier alpha value is -0.370. The van der Waals surface area contributed by atoms with E-state index < -0.39 is 0 Å². The van der Waals surface area contributed by atoms with Crippen LogP contribution in [-0.4, -0.2) is 11.8 Å². The van der Waals surface area contributed by atoms with Gasteiger partial charge in [-0.05, 0) is 37.5 Å². The number of carbonyl (C=O) groups excluding carboxylic acids is 1. The first-order valence-electron chi connectivity index (χ1n) is 6.37. The van der Waals surface area contributed by atoms with Crippen molar-refractivity contribution >= 4 is 5.78 Å². The van der Waals surface area contributed by atoms with Gasteiger partial charge < -0.3 is 5.73 Å². The zero-order chi connectivity index (χ0) is 10.9. The predicted molar refractivity (Wildman–Crippen MR) is 61.5 cm³/mol. The molecule has 2 atom stereocenters. The van der Waals surface area contributed by atoms with Gasteiger partial charge in [0.05, 0.1) is 0 Å². The minimum atomic E-state index is 0.280. The van der Waals surface area contributed by atoms with E-state index in [-0.39, 0.29) is 12.0 Å². The average molecular weight is 209 g/mol. The first kappa shape index (κ1) is 11.1. The number of carbonyl (C=O) groups is 1. The van der Waals surface area contributed by atoms with E-state index >= 15 is 0 Å². The molecule has 2 nitrogen and oxygen atoms in total. The molecule has 2 saturated carbocycles. The molecule has 0 spiro atoms. The van der Waals surface area contributed by atoms with Crippen LogP contribution in [-0.2, 0) is 4.79 Å². The van der Waals surface area contributed by atoms with E-state index in [0.29, 0.717) is 11.2 Å². The van der Waals surface area contributed by atoms with Crippen molar-refractivity contribution < 1.29 is 4.79 Å². The van der Waals surface area contributed by atoms with E-state index in [1.807, 2.05) is 0 Å². The van der Waals surface area contributed by atoms with E-state index in [4.69, 9.17) is 5.73 Å². The molecular formula is C13H23NO. The van der Waals surface area contributed by atoms with Crippen LogP contribution >= 0.6 is 0 Å². The largest absolute Gasteiger partial charge is 0.328 e. The third kappa shape index (κ3) is 2.60. The summed E-state index contributed by atoms with van der Waals surface area (Å²) in [5.41, 5.74) is 6.27. The van der Waals surface area contributed by atoms with Gasteiger partial charge in [-0.15, -0.1) is 0 Å². The van der Waals surface area contributed by atoms with Crippen LogP contribution in [0.4, 0.5) is 0 Å². The molecule has 2 heteroatoms. The first-order valence-corrected chi connectivity index (χ1v) is 6.37. The van der Waals surface area contributed by atoms with Crippen LogP contribution in [0, 0.1) is 11.3 Å². The van der Waals surface area contributed by atoms with Gasteiger partial charge in [0.15, 0.2) is 0 Å². The molecule has 2 aliphatic rings. The second kappa shape index (κ2) is 4.25. The maximum Gasteiger partial charge on any atom is 0.136 e. The number of rotatable bonds is 3. The molecule has 0 aliphatic heterocycles. The molecule has 0 aromatic carbocycles. The summed E-state index contributed by atoms with van der Waals surface area (Å²) in [7, 11) is 0. The molecule has 0 aromatic rings. The van der Waals surface area contributed by atoms with Crippen molar-refractivity contribution in [2.45, 2.75) is 64.3 Å². The van der Waals surface area contributed by atoms with Gasteiger partial charge in [0, 0.05) is 18.4 Å². The van der Waals surface area contributed by atoms with E-state index in [9.17, 15) is 4.79 Å². The number of Topliss-reactive ketones (excluding diaryl/α,β-unsaturated/α-hetero) is 1. The molecular weight excluding hydrogens is 186 g/mol. The van der Waals surface area contributed by atoms with Crippen molar-refractivity contribution in [3.8, 4) is 0 Å². The molecule has 2 fully saturated rings. The summed E-state index contributed by atoms with van der Waals surface area (Å²) < 4.78 is 0. The van der Waals surface area contributed by atoms with E-state index in [1.165, 1.54) is 19.3 Å². The predicted octanol–water partition coefficient (Wildman–Crippen LogP) is 2.65. The lowest BCUT2D eigenvalue weighted by Crippen LogP contribution is -2.35. The van der Waals surface area contributed by atoms with E-state index in [0.717, 1.165) is 32.1 Å². The Morgan fingerprint density at radius 3 is 2.60 bits per heavy atom. The highest BCUT2D eigenvalue weighted by molar-refractivity contribution is 5.81. The lowest BCUT2D eigenvalue weighted by molar-refractivity contribution is -0.127. The molecule has 2 N–H and O–H groups in total. The van der Waals surface area contributed by atoms with Crippen LogP contribution in [0.1, 0.15) is 58.3 Å². The number of nitrogens with two attached hydrogens (primary N) is 1. The molecule has 15 heavy (non-hydrogen) atoms. The number of hydrogen-bond donors (Lipinski definition) is 1. The second-order valence-electron chi connectivity index (χ2n) is 5.93. The van der Waals surface area contributed by atoms with Crippen LogP contribution in [0.3, 0.4) is 0 Å². The number of hydrogen-bond acceptors (Lipinski definition) is 2. The Morgan fingerprint density at radius 2 is 2.07 bits per heavy atom. The highest BCUT2D eigenvalue weighted by Crippen LogP contribution is 2.44. The molecule has 2 rings (SSSR count). The average Bonchev–Trinajstić information content (AvgIpc) is 2.15. The Morgan fingerprint density at radius 1 is 1.33 bits per heavy atom. The lowest BCUT2D eigenvalue weighted by atomic mass is 9.65. The van der Waals surface area contributed by atoms with Crippen LogP contribution in [0.15, 0.2) is 0 Å². The number of ketones is 1. The normalized spacial score (nSPS) is 34.5. The molecule has 86 valence electrons. The van der Waals surface area contributed by atoms with Gasteiger partial charge in [0.25, 0.3) is 0 Å². The van der Waals surface area contributed by atoms with Crippen molar-refractivity contribution in [2.24, 2.45) is 17.1 Å². The second-order valence-corrected chi connectivity index (χ2v) is 5.93. The SMILES string of the molecule is CC1(CC(=O)C2CCCC(N)C2)CCC1. The van der Waals surface area contributed by atoms with Gasteiger partial charge in [-0.1, -0.05) is 19.8 Å². The third-order valence-corrected chi connectivity index (χ3v) is 4.33. The minimum Gasteiger partial charge on any atom is -0.328 e. The molecule has 0 saturated heterocycles. The zero-order valence-corrected chi connectivity index (χ0v) is 9.80. The summed E-state index contributed by atoms with van der Waals surface area (Å²) in [6.07, 6.45) is 8.90. The van der Waals surface area contributed by atoms with Crippen LogP contribution in [0.2, 0.25) is 0 Å². The van der Waals surface area contributed by atoms with Gasteiger partial charge in [-0.25, -0.2) is 0 Å². The third-order valence-electron chi connectivity index (χ3n) is 4.33. The van der Waals surface area contributed by atoms with Gasteiger partial charge >= 0.3 is 0 Å². The maximum atomic E-state index is 12.1. The summed E-state index contributed by atoms with van der Waals surface area (Å²) in [6, 6.07) is 0.280. The molecule has 0 bridgehead atoms. The monoisotopic (exact) mass is 209 g/mol. The zero-order valence-electron chi connectivity index (χ0n) is 9.80. The highest BCUT2D eigenvalue weighted by atomic mass is 16.1. The van der Waals surface area contributed by atoms with Gasteiger partial charge in [0.2, 0.25) is 0 Å². The fourth-order valence-corrected chi connectivity index (χ4v) is 3.04. The smallest absolute Gasteiger partial charge is 0.136 e. The fraction of sp³-hybridized carbons (Fsp3) is 0.923. The van der Waals surface area contributed by atoms with Crippen molar-refractivity contribution in [2.75, 3.05) is 0 Å². The Kier molecular flexibility index (Phi) is 3.15. The molecule has 0 amide bonds. The summed E-state index contributed by atoms with van der Waals surface area (Å²) in [5, 5.41) is 0. The Balaban J connectivity index is 1.84. The van der Waals surface area contributed by atoms with Gasteiger partial charge in [-0.2, -0.15) is 0 Å². The Bertz CT molecular complexity index is 245. The molecule has 0 heterocycles. The molecule has 0 aromatic heterocycles. The fourth-order valence-electron chi connectivity index (χ4n) is 3.04. The van der Waals surface area contributed by atoms with E-state index in [1.54, 1.807) is 0 Å². The minimum absolute atomic E-state index is 0.280. The first-order chi connectivity index (χ1) is 7.09. The van der Waals surface area contributed by atoms with Crippen molar-refractivity contribution in [3.05, 3.63) is 0 Å². The molecule has 0 radical (unpaired) electrons. The van der Waals surface area contributed by atoms with Crippen LogP contribution < -0.4 is 5.73 Å². The van der Waals surface area contributed by atoms with Crippen LogP contribution in [0.25, 0.3) is 0 Å². The van der Waals surface area contributed by atoms with Gasteiger partial charge in [-0.3, -0.25) is 4.79 Å². The lowest BCUT2D eigenvalue weighted by Gasteiger charge is -2.39. The van der Waals surface area contributed by atoms with E-state index in [2.05, 4.69) is 6.92 Å². The topological polar surface area (TPSA) is 43.1 Å². The van der Waals surface area contributed by atoms with Crippen LogP contribution in [0.5, 0.6) is 0 Å².